The number of carbonyl (C=O) groups is 2. The van der Waals surface area contributed by atoms with E-state index in [2.05, 4.69) is 20.3 Å². The van der Waals surface area contributed by atoms with E-state index >= 15 is 0 Å². The Labute approximate surface area is 220 Å². The summed E-state index contributed by atoms with van der Waals surface area (Å²) in [7, 11) is -3.77. The maximum atomic E-state index is 12.8. The first-order valence-electron chi connectivity index (χ1n) is 11.5. The number of nitrogens with zero attached hydrogens (tertiary/aromatic N) is 2. The minimum atomic E-state index is -3.77. The van der Waals surface area contributed by atoms with Crippen LogP contribution in [-0.2, 0) is 14.8 Å². The van der Waals surface area contributed by atoms with E-state index < -0.39 is 22.0 Å². The van der Waals surface area contributed by atoms with Gasteiger partial charge >= 0.3 is 0 Å². The van der Waals surface area contributed by atoms with Crippen LogP contribution in [0.1, 0.15) is 43.6 Å². The zero-order chi connectivity index (χ0) is 26.3. The standard InChI is InChI=1S/C24H29Cl2N5O4S/c1-16(2)13-19(30-24(33)20-15-31-12-6-3-7-22(31)29-20)23(32)27-10-4-5-11-28-36(34,35)21-9-8-17(25)14-18(21)26/h3,6-9,12,14-16,19,28H,4-5,10-11,13H2,1-2H3,(H,27,32)(H,30,33)/t19-/m1/s1. The predicted molar refractivity (Wildman–Crippen MR) is 140 cm³/mol. The van der Waals surface area contributed by atoms with Gasteiger partial charge in [-0.1, -0.05) is 43.1 Å². The molecule has 0 bridgehead atoms. The van der Waals surface area contributed by atoms with Crippen LogP contribution in [-0.4, -0.2) is 48.7 Å². The second-order valence-corrected chi connectivity index (χ2v) is 11.3. The zero-order valence-electron chi connectivity index (χ0n) is 20.0. The molecule has 12 heteroatoms. The van der Waals surface area contributed by atoms with Crippen molar-refractivity contribution in [3.05, 3.63) is 64.5 Å². The molecule has 0 unspecified atom stereocenters. The third kappa shape index (κ3) is 7.67. The smallest absolute Gasteiger partial charge is 0.272 e. The summed E-state index contributed by atoms with van der Waals surface area (Å²) in [5, 5.41) is 6.00. The van der Waals surface area contributed by atoms with Crippen LogP contribution in [0.2, 0.25) is 10.0 Å². The number of rotatable bonds is 12. The van der Waals surface area contributed by atoms with Crippen molar-refractivity contribution in [2.24, 2.45) is 5.92 Å². The fourth-order valence-corrected chi connectivity index (χ4v) is 5.39. The molecule has 9 nitrogen and oxygen atoms in total. The molecule has 0 aliphatic rings. The Morgan fingerprint density at radius 1 is 1.08 bits per heavy atom. The average Bonchev–Trinajstić information content (AvgIpc) is 3.24. The van der Waals surface area contributed by atoms with Crippen LogP contribution in [0.4, 0.5) is 0 Å². The molecule has 3 rings (SSSR count). The Balaban J connectivity index is 1.47. The van der Waals surface area contributed by atoms with Crippen molar-refractivity contribution in [3.63, 3.8) is 0 Å². The number of unbranched alkanes of at least 4 members (excludes halogenated alkanes) is 1. The molecule has 3 aromatic rings. The summed E-state index contributed by atoms with van der Waals surface area (Å²) in [6.07, 6.45) is 4.91. The van der Waals surface area contributed by atoms with Crippen LogP contribution >= 0.6 is 23.2 Å². The van der Waals surface area contributed by atoms with E-state index in [0.717, 1.165) is 0 Å². The van der Waals surface area contributed by atoms with Crippen LogP contribution in [0.15, 0.2) is 53.7 Å². The summed E-state index contributed by atoms with van der Waals surface area (Å²) in [4.78, 5) is 29.8. The van der Waals surface area contributed by atoms with E-state index in [1.807, 2.05) is 26.0 Å². The molecule has 3 N–H and O–H groups in total. The maximum absolute atomic E-state index is 12.8. The number of sulfonamides is 1. The Morgan fingerprint density at radius 2 is 1.83 bits per heavy atom. The quantitative estimate of drug-likeness (QED) is 0.295. The highest BCUT2D eigenvalue weighted by Crippen LogP contribution is 2.24. The lowest BCUT2D eigenvalue weighted by Gasteiger charge is -2.19. The predicted octanol–water partition coefficient (Wildman–Crippen LogP) is 3.66. The van der Waals surface area contributed by atoms with Crippen molar-refractivity contribution in [3.8, 4) is 0 Å². The third-order valence-corrected chi connectivity index (χ3v) is 7.48. The van der Waals surface area contributed by atoms with E-state index in [-0.39, 0.29) is 34.0 Å². The van der Waals surface area contributed by atoms with Crippen molar-refractivity contribution in [1.29, 1.82) is 0 Å². The molecule has 2 aromatic heterocycles. The number of benzene rings is 1. The molecule has 0 spiro atoms. The zero-order valence-corrected chi connectivity index (χ0v) is 22.3. The normalized spacial score (nSPS) is 12.6. The largest absolute Gasteiger partial charge is 0.354 e. The van der Waals surface area contributed by atoms with Gasteiger partial charge in [0.1, 0.15) is 22.3 Å². The minimum absolute atomic E-state index is 0.0419. The number of amides is 2. The highest BCUT2D eigenvalue weighted by Gasteiger charge is 2.23. The SMILES string of the molecule is CC(C)C[C@@H](NC(=O)c1cn2ccccc2n1)C(=O)NCCCCNS(=O)(=O)c1ccc(Cl)cc1Cl. The van der Waals surface area contributed by atoms with Crippen LogP contribution in [0.3, 0.4) is 0 Å². The fourth-order valence-electron chi connectivity index (χ4n) is 3.54. The molecule has 36 heavy (non-hydrogen) atoms. The first-order chi connectivity index (χ1) is 17.1. The number of aromatic nitrogens is 2. The van der Waals surface area contributed by atoms with Crippen LogP contribution in [0, 0.1) is 5.92 Å². The maximum Gasteiger partial charge on any atom is 0.272 e. The van der Waals surface area contributed by atoms with Gasteiger partial charge in [0, 0.05) is 30.5 Å². The lowest BCUT2D eigenvalue weighted by Crippen LogP contribution is -2.47. The van der Waals surface area contributed by atoms with Gasteiger partial charge < -0.3 is 15.0 Å². The van der Waals surface area contributed by atoms with Crippen LogP contribution in [0.25, 0.3) is 5.65 Å². The number of nitrogens with one attached hydrogen (secondary N) is 3. The summed E-state index contributed by atoms with van der Waals surface area (Å²) in [5.41, 5.74) is 0.872. The Hall–Kier alpha value is -2.66. The minimum Gasteiger partial charge on any atom is -0.354 e. The van der Waals surface area contributed by atoms with Crippen molar-refractivity contribution in [1.82, 2.24) is 24.7 Å². The number of carbonyl (C=O) groups excluding carboxylic acids is 2. The Morgan fingerprint density at radius 3 is 2.53 bits per heavy atom. The molecule has 1 aromatic carbocycles. The first-order valence-corrected chi connectivity index (χ1v) is 13.8. The highest BCUT2D eigenvalue weighted by molar-refractivity contribution is 7.89. The fraction of sp³-hybridized carbons (Fsp3) is 0.375. The van der Waals surface area contributed by atoms with Crippen molar-refractivity contribution < 1.29 is 18.0 Å². The Bertz CT molecular complexity index is 1290. The van der Waals surface area contributed by atoms with Crippen molar-refractivity contribution >= 4 is 50.7 Å². The second kappa shape index (κ2) is 12.5. The number of halogens is 2. The van der Waals surface area contributed by atoms with E-state index in [4.69, 9.17) is 23.2 Å². The average molecular weight is 555 g/mol. The van der Waals surface area contributed by atoms with Gasteiger partial charge in [0.25, 0.3) is 5.91 Å². The number of hydrogen-bond donors (Lipinski definition) is 3. The summed E-state index contributed by atoms with van der Waals surface area (Å²) < 4.78 is 29.1. The van der Waals surface area contributed by atoms with E-state index in [9.17, 15) is 18.0 Å². The molecule has 0 aliphatic heterocycles. The number of pyridine rings is 1. The molecule has 194 valence electrons. The third-order valence-electron chi connectivity index (χ3n) is 5.30. The summed E-state index contributed by atoms with van der Waals surface area (Å²) in [5.74, 6) is -0.541. The van der Waals surface area contributed by atoms with Crippen LogP contribution < -0.4 is 15.4 Å². The lowest BCUT2D eigenvalue weighted by atomic mass is 10.0. The van der Waals surface area contributed by atoms with Gasteiger partial charge in [-0.25, -0.2) is 18.1 Å². The molecule has 1 atom stereocenters. The van der Waals surface area contributed by atoms with Gasteiger partial charge in [-0.15, -0.1) is 0 Å². The summed E-state index contributed by atoms with van der Waals surface area (Å²) in [6, 6.07) is 8.92. The van der Waals surface area contributed by atoms with Gasteiger partial charge in [-0.2, -0.15) is 0 Å². The van der Waals surface area contributed by atoms with E-state index in [1.165, 1.54) is 18.2 Å². The van der Waals surface area contributed by atoms with E-state index in [1.54, 1.807) is 22.9 Å². The molecule has 0 saturated carbocycles. The number of hydrogen-bond acceptors (Lipinski definition) is 5. The summed E-state index contributed by atoms with van der Waals surface area (Å²) in [6.45, 7) is 4.45. The molecule has 0 aliphatic carbocycles. The number of imidazole rings is 1. The second-order valence-electron chi connectivity index (χ2n) is 8.72. The summed E-state index contributed by atoms with van der Waals surface area (Å²) >= 11 is 11.8. The molecular formula is C24H29Cl2N5O4S. The highest BCUT2D eigenvalue weighted by atomic mass is 35.5. The van der Waals surface area contributed by atoms with Gasteiger partial charge in [0.2, 0.25) is 15.9 Å². The van der Waals surface area contributed by atoms with Gasteiger partial charge in [0.15, 0.2) is 0 Å². The molecular weight excluding hydrogens is 525 g/mol. The molecule has 2 heterocycles. The number of fused-ring (bicyclic) bond motifs is 1. The van der Waals surface area contributed by atoms with Gasteiger partial charge in [-0.3, -0.25) is 9.59 Å². The molecule has 0 radical (unpaired) electrons. The first kappa shape index (κ1) is 27.9. The Kier molecular flexibility index (Phi) is 9.72. The van der Waals surface area contributed by atoms with Crippen molar-refractivity contribution in [2.75, 3.05) is 13.1 Å². The molecule has 0 fully saturated rings. The molecule has 0 saturated heterocycles. The topological polar surface area (TPSA) is 122 Å². The van der Waals surface area contributed by atoms with Crippen molar-refractivity contribution in [2.45, 2.75) is 44.0 Å². The molecule has 2 amide bonds. The van der Waals surface area contributed by atoms with E-state index in [0.29, 0.717) is 36.5 Å². The van der Waals surface area contributed by atoms with Gasteiger partial charge in [0.05, 0.1) is 5.02 Å². The van der Waals surface area contributed by atoms with Crippen LogP contribution in [0.5, 0.6) is 0 Å². The monoisotopic (exact) mass is 553 g/mol. The van der Waals surface area contributed by atoms with Gasteiger partial charge in [-0.05, 0) is 55.5 Å². The lowest BCUT2D eigenvalue weighted by molar-refractivity contribution is -0.123.